The van der Waals surface area contributed by atoms with Crippen LogP contribution >= 0.6 is 0 Å². The van der Waals surface area contributed by atoms with Crippen molar-refractivity contribution in [2.45, 2.75) is 59.8 Å². The second-order valence-corrected chi connectivity index (χ2v) is 8.42. The minimum atomic E-state index is 0.614. The Hall–Kier alpha value is 0. The predicted molar refractivity (Wildman–Crippen MR) is 67.0 cm³/mol. The van der Waals surface area contributed by atoms with Crippen LogP contribution in [0.25, 0.3) is 0 Å². The normalized spacial score (nSPS) is 53.2. The molecule has 0 unspecified atom stereocenters. The molecule has 0 heterocycles. The molecule has 0 atom stereocenters. The van der Waals surface area contributed by atoms with Crippen molar-refractivity contribution in [3.05, 3.63) is 0 Å². The molecule has 0 nitrogen and oxygen atoms in total. The van der Waals surface area contributed by atoms with Crippen LogP contribution in [0.4, 0.5) is 0 Å². The van der Waals surface area contributed by atoms with Crippen molar-refractivity contribution >= 4 is 0 Å². The Morgan fingerprint density at radius 1 is 0.625 bits per heavy atom. The summed E-state index contributed by atoms with van der Waals surface area (Å²) in [5.74, 6) is 4.43. The van der Waals surface area contributed by atoms with Gasteiger partial charge in [0.2, 0.25) is 0 Å². The highest BCUT2D eigenvalue weighted by Crippen LogP contribution is 2.89. The maximum Gasteiger partial charge on any atom is -0.0127 e. The fourth-order valence-electron chi connectivity index (χ4n) is 7.37. The predicted octanol–water partition coefficient (Wildman–Crippen LogP) is 4.49. The highest BCUT2D eigenvalue weighted by atomic mass is 14.9. The minimum absolute atomic E-state index is 0.614. The monoisotopic (exact) mass is 218 g/mol. The van der Waals surface area contributed by atoms with E-state index in [1.165, 1.54) is 0 Å². The molecule has 4 bridgehead atoms. The Bertz CT molecular complexity index is 303. The second kappa shape index (κ2) is 2.40. The maximum absolute atomic E-state index is 2.56. The molecule has 5 aliphatic rings. The highest BCUT2D eigenvalue weighted by Gasteiger charge is 2.83. The first-order valence-electron chi connectivity index (χ1n) is 7.41. The summed E-state index contributed by atoms with van der Waals surface area (Å²) < 4.78 is 0. The summed E-state index contributed by atoms with van der Waals surface area (Å²) in [6.07, 6.45) is 7.92. The van der Waals surface area contributed by atoms with Crippen LogP contribution in [0, 0.1) is 39.9 Å². The zero-order chi connectivity index (χ0) is 11.3. The van der Waals surface area contributed by atoms with Gasteiger partial charge in [0.05, 0.1) is 0 Å². The van der Waals surface area contributed by atoms with Crippen molar-refractivity contribution in [1.29, 1.82) is 0 Å². The lowest BCUT2D eigenvalue weighted by atomic mass is 9.47. The van der Waals surface area contributed by atoms with Crippen LogP contribution in [0.1, 0.15) is 59.8 Å². The summed E-state index contributed by atoms with van der Waals surface area (Å²) in [5, 5.41) is 0. The van der Waals surface area contributed by atoms with Crippen molar-refractivity contribution in [3.63, 3.8) is 0 Å². The largest absolute Gasteiger partial charge is 0.0588 e. The Morgan fingerprint density at radius 3 is 1.31 bits per heavy atom. The van der Waals surface area contributed by atoms with Gasteiger partial charge in [-0.15, -0.1) is 0 Å². The van der Waals surface area contributed by atoms with Gasteiger partial charge in [-0.2, -0.15) is 0 Å². The molecule has 5 aliphatic carbocycles. The first kappa shape index (κ1) is 9.97. The van der Waals surface area contributed by atoms with Crippen LogP contribution in [-0.2, 0) is 0 Å². The maximum atomic E-state index is 2.56. The van der Waals surface area contributed by atoms with Crippen molar-refractivity contribution in [3.8, 4) is 0 Å². The molecule has 0 radical (unpaired) electrons. The van der Waals surface area contributed by atoms with Gasteiger partial charge in [-0.3, -0.25) is 0 Å². The summed E-state index contributed by atoms with van der Waals surface area (Å²) in [4.78, 5) is 0. The van der Waals surface area contributed by atoms with Crippen molar-refractivity contribution in [2.75, 3.05) is 0 Å². The Morgan fingerprint density at radius 2 is 1.00 bits per heavy atom. The van der Waals surface area contributed by atoms with E-state index in [2.05, 4.69) is 27.7 Å². The van der Waals surface area contributed by atoms with Gasteiger partial charge in [-0.05, 0) is 72.0 Å². The molecule has 0 aromatic heterocycles. The Kier molecular flexibility index (Phi) is 1.50. The molecule has 0 saturated heterocycles. The van der Waals surface area contributed by atoms with Gasteiger partial charge in [-0.25, -0.2) is 0 Å². The van der Waals surface area contributed by atoms with E-state index in [1.807, 2.05) is 0 Å². The van der Waals surface area contributed by atoms with E-state index in [0.29, 0.717) is 10.8 Å². The molecule has 0 aromatic carbocycles. The average molecular weight is 218 g/mol. The molecule has 1 spiro atoms. The molecule has 0 aromatic rings. The van der Waals surface area contributed by atoms with Crippen molar-refractivity contribution in [1.82, 2.24) is 0 Å². The van der Waals surface area contributed by atoms with Crippen molar-refractivity contribution in [2.24, 2.45) is 39.9 Å². The molecule has 5 rings (SSSR count). The third-order valence-corrected chi connectivity index (χ3v) is 7.99. The lowest BCUT2D eigenvalue weighted by molar-refractivity contribution is -0.0797. The first-order chi connectivity index (χ1) is 7.41. The van der Waals surface area contributed by atoms with E-state index in [0.717, 1.165) is 29.1 Å². The topological polar surface area (TPSA) is 0 Å². The molecule has 90 valence electrons. The van der Waals surface area contributed by atoms with E-state index < -0.39 is 0 Å². The Labute approximate surface area is 100 Å². The highest BCUT2D eigenvalue weighted by molar-refractivity contribution is 5.30. The fraction of sp³-hybridized carbons (Fsp3) is 1.00. The van der Waals surface area contributed by atoms with Crippen molar-refractivity contribution < 1.29 is 0 Å². The first-order valence-corrected chi connectivity index (χ1v) is 7.41. The van der Waals surface area contributed by atoms with E-state index in [9.17, 15) is 0 Å². The van der Waals surface area contributed by atoms with Gasteiger partial charge in [0.25, 0.3) is 0 Å². The molecule has 0 amide bonds. The molecule has 0 aliphatic heterocycles. The lowest BCUT2D eigenvalue weighted by Gasteiger charge is -2.57. The van der Waals surface area contributed by atoms with E-state index >= 15 is 0 Å². The zero-order valence-corrected chi connectivity index (χ0v) is 11.3. The Balaban J connectivity index is 1.82. The van der Waals surface area contributed by atoms with E-state index in [4.69, 9.17) is 0 Å². The van der Waals surface area contributed by atoms with Gasteiger partial charge < -0.3 is 0 Å². The van der Waals surface area contributed by atoms with Crippen LogP contribution in [0.5, 0.6) is 0 Å². The fourth-order valence-corrected chi connectivity index (χ4v) is 7.37. The molecule has 0 heteroatoms. The average Bonchev–Trinajstić information content (AvgIpc) is 2.49. The summed E-state index contributed by atoms with van der Waals surface area (Å²) in [5.41, 5.74) is 1.97. The van der Waals surface area contributed by atoms with Crippen LogP contribution in [0.15, 0.2) is 0 Å². The molecule has 16 heavy (non-hydrogen) atoms. The van der Waals surface area contributed by atoms with Gasteiger partial charge >= 0.3 is 0 Å². The quantitative estimate of drug-likeness (QED) is 0.562. The van der Waals surface area contributed by atoms with E-state index in [-0.39, 0.29) is 0 Å². The van der Waals surface area contributed by atoms with Gasteiger partial charge in [0, 0.05) is 0 Å². The van der Waals surface area contributed by atoms with Crippen LogP contribution in [0.3, 0.4) is 0 Å². The standard InChI is InChI=1S/C16H26/c1-14(2)15(3,4)16(14)12-6-10-5-11(8-12)9-13(16)7-10/h10-13H,5-9H2,1-4H3. The summed E-state index contributed by atoms with van der Waals surface area (Å²) in [6, 6.07) is 0. The third kappa shape index (κ3) is 0.728. The summed E-state index contributed by atoms with van der Waals surface area (Å²) in [7, 11) is 0. The van der Waals surface area contributed by atoms with Gasteiger partial charge in [-0.1, -0.05) is 27.7 Å². The molecule has 0 N–H and O–H groups in total. The smallest absolute Gasteiger partial charge is 0.0127 e. The molecule has 5 saturated carbocycles. The van der Waals surface area contributed by atoms with Crippen LogP contribution in [-0.4, -0.2) is 0 Å². The SMILES string of the molecule is CC1(C)C(C)(C)C12C1CC3CC(C1)CC2C3. The molecular formula is C16H26. The van der Waals surface area contributed by atoms with Gasteiger partial charge in [0.15, 0.2) is 0 Å². The van der Waals surface area contributed by atoms with Gasteiger partial charge in [0.1, 0.15) is 0 Å². The zero-order valence-electron chi connectivity index (χ0n) is 11.3. The van der Waals surface area contributed by atoms with Crippen LogP contribution < -0.4 is 0 Å². The minimum Gasteiger partial charge on any atom is -0.0588 e. The number of rotatable bonds is 0. The summed E-state index contributed by atoms with van der Waals surface area (Å²) in [6.45, 7) is 10.3. The summed E-state index contributed by atoms with van der Waals surface area (Å²) >= 11 is 0. The number of hydrogen-bond acceptors (Lipinski definition) is 0. The number of hydrogen-bond donors (Lipinski definition) is 0. The van der Waals surface area contributed by atoms with E-state index in [1.54, 1.807) is 32.1 Å². The second-order valence-electron chi connectivity index (χ2n) is 8.42. The molecule has 5 fully saturated rings. The van der Waals surface area contributed by atoms with Crippen LogP contribution in [0.2, 0.25) is 0 Å². The molecular weight excluding hydrogens is 192 g/mol. The third-order valence-electron chi connectivity index (χ3n) is 7.99. The lowest BCUT2D eigenvalue weighted by Crippen LogP contribution is -2.49.